The first kappa shape index (κ1) is 16.1. The van der Waals surface area contributed by atoms with Crippen molar-refractivity contribution in [2.75, 3.05) is 24.5 Å². The van der Waals surface area contributed by atoms with E-state index in [1.165, 1.54) is 4.70 Å². The van der Waals surface area contributed by atoms with Gasteiger partial charge >= 0.3 is 6.09 Å². The van der Waals surface area contributed by atoms with E-state index in [-0.39, 0.29) is 6.09 Å². The number of benzene rings is 1. The number of thiazole rings is 1. The van der Waals surface area contributed by atoms with E-state index in [1.807, 2.05) is 39.0 Å². The maximum absolute atomic E-state index is 11.7. The molecule has 124 valence electrons. The summed E-state index contributed by atoms with van der Waals surface area (Å²) in [5.74, 6) is 0.439. The Morgan fingerprint density at radius 3 is 2.96 bits per heavy atom. The maximum Gasteiger partial charge on any atom is 0.407 e. The number of alkyl carbamates (subject to hydrolysis) is 1. The Balaban J connectivity index is 1.53. The zero-order valence-electron chi connectivity index (χ0n) is 13.8. The van der Waals surface area contributed by atoms with Crippen molar-refractivity contribution in [3.05, 3.63) is 24.3 Å². The minimum atomic E-state index is -0.452. The van der Waals surface area contributed by atoms with Crippen LogP contribution < -0.4 is 10.2 Å². The third kappa shape index (κ3) is 4.13. The molecule has 1 aromatic heterocycles. The summed E-state index contributed by atoms with van der Waals surface area (Å²) in [7, 11) is 0. The summed E-state index contributed by atoms with van der Waals surface area (Å²) >= 11 is 1.73. The number of ether oxygens (including phenoxy) is 1. The predicted octanol–water partition coefficient (Wildman–Crippen LogP) is 3.65. The lowest BCUT2D eigenvalue weighted by Crippen LogP contribution is -2.36. The van der Waals surface area contributed by atoms with Crippen molar-refractivity contribution in [2.24, 2.45) is 5.92 Å². The third-order valence-electron chi connectivity index (χ3n) is 3.77. The number of aromatic nitrogens is 1. The van der Waals surface area contributed by atoms with E-state index in [0.29, 0.717) is 12.5 Å². The largest absolute Gasteiger partial charge is 0.444 e. The van der Waals surface area contributed by atoms with Crippen LogP contribution in [0.3, 0.4) is 0 Å². The fraction of sp³-hybridized carbons (Fsp3) is 0.529. The Labute approximate surface area is 140 Å². The van der Waals surface area contributed by atoms with Gasteiger partial charge in [0.15, 0.2) is 5.13 Å². The number of carbonyl (C=O) groups is 1. The molecule has 1 saturated heterocycles. The first-order valence-corrected chi connectivity index (χ1v) is 8.80. The molecule has 1 aromatic carbocycles. The predicted molar refractivity (Wildman–Crippen MR) is 94.2 cm³/mol. The Kier molecular flexibility index (Phi) is 4.43. The Hall–Kier alpha value is -1.82. The van der Waals surface area contributed by atoms with Gasteiger partial charge in [-0.1, -0.05) is 23.5 Å². The number of rotatable bonds is 3. The zero-order valence-corrected chi connectivity index (χ0v) is 14.7. The van der Waals surface area contributed by atoms with Crippen LogP contribution in [-0.4, -0.2) is 36.3 Å². The summed E-state index contributed by atoms with van der Waals surface area (Å²) in [6, 6.07) is 8.21. The molecule has 1 atom stereocenters. The number of para-hydroxylation sites is 1. The fourth-order valence-electron chi connectivity index (χ4n) is 2.71. The van der Waals surface area contributed by atoms with Gasteiger partial charge in [-0.2, -0.15) is 0 Å². The first-order chi connectivity index (χ1) is 10.9. The van der Waals surface area contributed by atoms with Crippen LogP contribution in [-0.2, 0) is 4.74 Å². The van der Waals surface area contributed by atoms with Crippen LogP contribution in [0.2, 0.25) is 0 Å². The second-order valence-corrected chi connectivity index (χ2v) is 7.96. The van der Waals surface area contributed by atoms with E-state index < -0.39 is 5.60 Å². The molecule has 23 heavy (non-hydrogen) atoms. The number of fused-ring (bicyclic) bond motifs is 1. The van der Waals surface area contributed by atoms with Gasteiger partial charge in [-0.05, 0) is 45.2 Å². The van der Waals surface area contributed by atoms with Crippen molar-refractivity contribution in [3.8, 4) is 0 Å². The number of nitrogens with zero attached hydrogens (tertiary/aromatic N) is 2. The molecule has 2 heterocycles. The van der Waals surface area contributed by atoms with Gasteiger partial charge in [0.1, 0.15) is 5.60 Å². The van der Waals surface area contributed by atoms with Gasteiger partial charge in [0.2, 0.25) is 0 Å². The number of hydrogen-bond donors (Lipinski definition) is 1. The minimum Gasteiger partial charge on any atom is -0.444 e. The lowest BCUT2D eigenvalue weighted by atomic mass is 10.1. The molecule has 1 aliphatic rings. The smallest absolute Gasteiger partial charge is 0.407 e. The topological polar surface area (TPSA) is 54.5 Å². The second kappa shape index (κ2) is 6.35. The normalized spacial score (nSPS) is 18.4. The highest BCUT2D eigenvalue weighted by Gasteiger charge is 2.26. The van der Waals surface area contributed by atoms with Gasteiger partial charge in [-0.25, -0.2) is 9.78 Å². The number of anilines is 1. The van der Waals surface area contributed by atoms with E-state index in [0.717, 1.165) is 30.2 Å². The Bertz CT molecular complexity index is 659. The second-order valence-electron chi connectivity index (χ2n) is 6.95. The molecule has 1 amide bonds. The molecule has 1 unspecified atom stereocenters. The molecule has 3 rings (SSSR count). The molecule has 0 spiro atoms. The molecule has 6 heteroatoms. The molecule has 0 aliphatic carbocycles. The highest BCUT2D eigenvalue weighted by Crippen LogP contribution is 2.31. The van der Waals surface area contributed by atoms with Gasteiger partial charge in [0.25, 0.3) is 0 Å². The lowest BCUT2D eigenvalue weighted by Gasteiger charge is -2.20. The molecule has 1 aliphatic heterocycles. The summed E-state index contributed by atoms with van der Waals surface area (Å²) in [6.07, 6.45) is 0.724. The van der Waals surface area contributed by atoms with Crippen LogP contribution >= 0.6 is 11.3 Å². The van der Waals surface area contributed by atoms with Crippen LogP contribution in [0.15, 0.2) is 24.3 Å². The molecule has 0 saturated carbocycles. The molecule has 5 nitrogen and oxygen atoms in total. The van der Waals surface area contributed by atoms with Crippen molar-refractivity contribution < 1.29 is 9.53 Å². The molecule has 1 fully saturated rings. The van der Waals surface area contributed by atoms with Crippen LogP contribution in [0.1, 0.15) is 27.2 Å². The average molecular weight is 333 g/mol. The summed E-state index contributed by atoms with van der Waals surface area (Å²) in [5, 5.41) is 3.95. The third-order valence-corrected chi connectivity index (χ3v) is 4.87. The molecular formula is C17H23N3O2S. The summed E-state index contributed by atoms with van der Waals surface area (Å²) in [5.41, 5.74) is 0.607. The molecular weight excluding hydrogens is 310 g/mol. The van der Waals surface area contributed by atoms with E-state index in [2.05, 4.69) is 16.3 Å². The van der Waals surface area contributed by atoms with Gasteiger partial charge in [0, 0.05) is 19.6 Å². The van der Waals surface area contributed by atoms with Crippen molar-refractivity contribution in [3.63, 3.8) is 0 Å². The van der Waals surface area contributed by atoms with Gasteiger partial charge in [0.05, 0.1) is 10.2 Å². The minimum absolute atomic E-state index is 0.337. The maximum atomic E-state index is 11.7. The first-order valence-electron chi connectivity index (χ1n) is 7.98. The quantitative estimate of drug-likeness (QED) is 0.931. The van der Waals surface area contributed by atoms with Gasteiger partial charge in [-0.15, -0.1) is 0 Å². The molecule has 0 bridgehead atoms. The van der Waals surface area contributed by atoms with Crippen molar-refractivity contribution in [1.82, 2.24) is 10.3 Å². The van der Waals surface area contributed by atoms with Crippen molar-refractivity contribution >= 4 is 32.8 Å². The summed E-state index contributed by atoms with van der Waals surface area (Å²) in [4.78, 5) is 18.7. The van der Waals surface area contributed by atoms with Crippen LogP contribution in [0, 0.1) is 5.92 Å². The monoisotopic (exact) mass is 333 g/mol. The Morgan fingerprint density at radius 1 is 1.43 bits per heavy atom. The van der Waals surface area contributed by atoms with Crippen molar-refractivity contribution in [1.29, 1.82) is 0 Å². The fourth-order valence-corrected chi connectivity index (χ4v) is 3.71. The van der Waals surface area contributed by atoms with Crippen molar-refractivity contribution in [2.45, 2.75) is 32.8 Å². The summed E-state index contributed by atoms with van der Waals surface area (Å²) < 4.78 is 6.50. The molecule has 1 N–H and O–H groups in total. The zero-order chi connectivity index (χ0) is 16.4. The van der Waals surface area contributed by atoms with Crippen LogP contribution in [0.25, 0.3) is 10.2 Å². The van der Waals surface area contributed by atoms with E-state index in [9.17, 15) is 4.79 Å². The number of amides is 1. The molecule has 0 radical (unpaired) electrons. The number of carbonyl (C=O) groups excluding carboxylic acids is 1. The highest BCUT2D eigenvalue weighted by atomic mass is 32.1. The average Bonchev–Trinajstić information content (AvgIpc) is 3.09. The van der Waals surface area contributed by atoms with E-state index in [4.69, 9.17) is 9.72 Å². The standard InChI is InChI=1S/C17H23N3O2S/c1-17(2,3)22-16(21)18-10-12-8-9-20(11-12)15-19-13-6-4-5-7-14(13)23-15/h4-7,12H,8-11H2,1-3H3,(H,18,21). The van der Waals surface area contributed by atoms with E-state index in [1.54, 1.807) is 11.3 Å². The number of nitrogens with one attached hydrogen (secondary N) is 1. The van der Waals surface area contributed by atoms with Crippen LogP contribution in [0.4, 0.5) is 9.93 Å². The highest BCUT2D eigenvalue weighted by molar-refractivity contribution is 7.22. The van der Waals surface area contributed by atoms with E-state index >= 15 is 0 Å². The lowest BCUT2D eigenvalue weighted by molar-refractivity contribution is 0.0520. The SMILES string of the molecule is CC(C)(C)OC(=O)NCC1CCN(c2nc3ccccc3s2)C1. The summed E-state index contributed by atoms with van der Waals surface area (Å²) in [6.45, 7) is 8.18. The number of hydrogen-bond acceptors (Lipinski definition) is 5. The molecule has 2 aromatic rings. The van der Waals surface area contributed by atoms with Gasteiger partial charge < -0.3 is 15.0 Å². The Morgan fingerprint density at radius 2 is 2.22 bits per heavy atom. The van der Waals surface area contributed by atoms with Crippen LogP contribution in [0.5, 0.6) is 0 Å². The van der Waals surface area contributed by atoms with Gasteiger partial charge in [-0.3, -0.25) is 0 Å².